The molecular weight excluding hydrogens is 266 g/mol. The number of hydrogen-bond acceptors (Lipinski definition) is 4. The summed E-state index contributed by atoms with van der Waals surface area (Å²) in [4.78, 5) is 0. The minimum atomic E-state index is -0.0214. The van der Waals surface area contributed by atoms with E-state index in [2.05, 4.69) is 5.32 Å². The number of phenols is 2. The van der Waals surface area contributed by atoms with E-state index in [0.29, 0.717) is 18.5 Å². The predicted octanol–water partition coefficient (Wildman–Crippen LogP) is 1.83. The van der Waals surface area contributed by atoms with Crippen molar-refractivity contribution in [2.24, 2.45) is 0 Å². The first-order valence-corrected chi connectivity index (χ1v) is 7.08. The first-order valence-electron chi connectivity index (χ1n) is 7.08. The standard InChI is InChI=1S/C17H21NO3/c19-12-15(10-13-4-2-1-3-5-13)18-9-8-14-11-16(20)6-7-17(14)21/h1-7,11,15,18-21H,8-10,12H2/t15-/m0/s1. The molecule has 21 heavy (non-hydrogen) atoms. The molecule has 0 unspecified atom stereocenters. The SMILES string of the molecule is OC[C@H](Cc1ccccc1)NCCc1cc(O)ccc1O. The van der Waals surface area contributed by atoms with Crippen molar-refractivity contribution in [1.82, 2.24) is 5.32 Å². The smallest absolute Gasteiger partial charge is 0.119 e. The van der Waals surface area contributed by atoms with Gasteiger partial charge < -0.3 is 20.6 Å². The molecule has 4 N–H and O–H groups in total. The van der Waals surface area contributed by atoms with Crippen molar-refractivity contribution in [2.45, 2.75) is 18.9 Å². The van der Waals surface area contributed by atoms with Gasteiger partial charge >= 0.3 is 0 Å². The number of benzene rings is 2. The highest BCUT2D eigenvalue weighted by molar-refractivity contribution is 5.38. The molecule has 0 bridgehead atoms. The van der Waals surface area contributed by atoms with Crippen LogP contribution in [0.3, 0.4) is 0 Å². The Kier molecular flexibility index (Phi) is 5.60. The Morgan fingerprint density at radius 1 is 1.00 bits per heavy atom. The van der Waals surface area contributed by atoms with E-state index in [1.165, 1.54) is 17.7 Å². The molecule has 4 heteroatoms. The van der Waals surface area contributed by atoms with Crippen LogP contribution >= 0.6 is 0 Å². The van der Waals surface area contributed by atoms with Gasteiger partial charge in [0.05, 0.1) is 6.61 Å². The number of aliphatic hydroxyl groups is 1. The Morgan fingerprint density at radius 3 is 2.48 bits per heavy atom. The third-order valence-corrected chi connectivity index (χ3v) is 3.44. The lowest BCUT2D eigenvalue weighted by Crippen LogP contribution is -2.35. The minimum Gasteiger partial charge on any atom is -0.508 e. The topological polar surface area (TPSA) is 72.7 Å². The number of aromatic hydroxyl groups is 2. The Labute approximate surface area is 124 Å². The van der Waals surface area contributed by atoms with Gasteiger partial charge in [-0.2, -0.15) is 0 Å². The quantitative estimate of drug-likeness (QED) is 0.586. The Morgan fingerprint density at radius 2 is 1.76 bits per heavy atom. The average Bonchev–Trinajstić information content (AvgIpc) is 2.50. The maximum absolute atomic E-state index is 9.70. The fourth-order valence-electron chi connectivity index (χ4n) is 2.28. The summed E-state index contributed by atoms with van der Waals surface area (Å²) >= 11 is 0. The van der Waals surface area contributed by atoms with Crippen molar-refractivity contribution in [3.8, 4) is 11.5 Å². The van der Waals surface area contributed by atoms with Crippen molar-refractivity contribution in [3.63, 3.8) is 0 Å². The number of phenolic OH excluding ortho intramolecular Hbond substituents is 2. The average molecular weight is 287 g/mol. The van der Waals surface area contributed by atoms with Crippen molar-refractivity contribution >= 4 is 0 Å². The summed E-state index contributed by atoms with van der Waals surface area (Å²) in [6.07, 6.45) is 1.34. The molecular formula is C17H21NO3. The second-order valence-electron chi connectivity index (χ2n) is 5.09. The second-order valence-corrected chi connectivity index (χ2v) is 5.09. The monoisotopic (exact) mass is 287 g/mol. The van der Waals surface area contributed by atoms with Crippen LogP contribution in [-0.4, -0.2) is 34.5 Å². The summed E-state index contributed by atoms with van der Waals surface area (Å²) in [5, 5.41) is 31.8. The molecule has 0 aliphatic carbocycles. The maximum Gasteiger partial charge on any atom is 0.119 e. The molecule has 2 aromatic rings. The van der Waals surface area contributed by atoms with E-state index in [9.17, 15) is 15.3 Å². The van der Waals surface area contributed by atoms with E-state index >= 15 is 0 Å². The molecule has 2 rings (SSSR count). The van der Waals surface area contributed by atoms with Gasteiger partial charge in [-0.1, -0.05) is 30.3 Å². The van der Waals surface area contributed by atoms with Gasteiger partial charge in [-0.25, -0.2) is 0 Å². The van der Waals surface area contributed by atoms with Gasteiger partial charge in [-0.05, 0) is 48.7 Å². The fraction of sp³-hybridized carbons (Fsp3) is 0.294. The summed E-state index contributed by atoms with van der Waals surface area (Å²) in [6, 6.07) is 14.5. The van der Waals surface area contributed by atoms with Gasteiger partial charge in [-0.15, -0.1) is 0 Å². The minimum absolute atomic E-state index is 0.0214. The number of hydrogen-bond donors (Lipinski definition) is 4. The molecule has 1 atom stereocenters. The summed E-state index contributed by atoms with van der Waals surface area (Å²) in [5.74, 6) is 0.323. The Bertz CT molecular complexity index is 557. The van der Waals surface area contributed by atoms with Crippen LogP contribution in [0.1, 0.15) is 11.1 Å². The van der Waals surface area contributed by atoms with Crippen molar-refractivity contribution < 1.29 is 15.3 Å². The lowest BCUT2D eigenvalue weighted by atomic mass is 10.1. The molecule has 0 saturated heterocycles. The van der Waals surface area contributed by atoms with Crippen molar-refractivity contribution in [3.05, 3.63) is 59.7 Å². The lowest BCUT2D eigenvalue weighted by Gasteiger charge is -2.16. The highest BCUT2D eigenvalue weighted by Crippen LogP contribution is 2.22. The van der Waals surface area contributed by atoms with Crippen LogP contribution in [-0.2, 0) is 12.8 Å². The Hall–Kier alpha value is -2.04. The number of rotatable bonds is 7. The molecule has 0 spiro atoms. The Balaban J connectivity index is 1.84. The van der Waals surface area contributed by atoms with E-state index in [1.807, 2.05) is 30.3 Å². The lowest BCUT2D eigenvalue weighted by molar-refractivity contribution is 0.242. The fourth-order valence-corrected chi connectivity index (χ4v) is 2.28. The molecule has 0 radical (unpaired) electrons. The van der Waals surface area contributed by atoms with Gasteiger partial charge in [0.1, 0.15) is 11.5 Å². The van der Waals surface area contributed by atoms with E-state index in [-0.39, 0.29) is 24.1 Å². The van der Waals surface area contributed by atoms with Gasteiger partial charge in [0.25, 0.3) is 0 Å². The molecule has 0 aromatic heterocycles. The molecule has 4 nitrogen and oxygen atoms in total. The van der Waals surface area contributed by atoms with Crippen LogP contribution in [0, 0.1) is 0 Å². The molecule has 0 fully saturated rings. The molecule has 2 aromatic carbocycles. The van der Waals surface area contributed by atoms with Crippen LogP contribution in [0.15, 0.2) is 48.5 Å². The molecule has 0 amide bonds. The summed E-state index contributed by atoms with van der Waals surface area (Å²) in [6.45, 7) is 0.677. The first-order chi connectivity index (χ1) is 10.2. The van der Waals surface area contributed by atoms with Crippen molar-refractivity contribution in [1.29, 1.82) is 0 Å². The van der Waals surface area contributed by atoms with Crippen molar-refractivity contribution in [2.75, 3.05) is 13.2 Å². The summed E-state index contributed by atoms with van der Waals surface area (Å²) < 4.78 is 0. The highest BCUT2D eigenvalue weighted by Gasteiger charge is 2.08. The van der Waals surface area contributed by atoms with Crippen LogP contribution in [0.25, 0.3) is 0 Å². The number of nitrogens with one attached hydrogen (secondary N) is 1. The predicted molar refractivity (Wildman–Crippen MR) is 82.5 cm³/mol. The molecule has 0 aliphatic heterocycles. The van der Waals surface area contributed by atoms with Crippen LogP contribution in [0.5, 0.6) is 11.5 Å². The first kappa shape index (κ1) is 15.4. The van der Waals surface area contributed by atoms with E-state index in [1.54, 1.807) is 6.07 Å². The van der Waals surface area contributed by atoms with Gasteiger partial charge in [-0.3, -0.25) is 0 Å². The van der Waals surface area contributed by atoms with E-state index in [4.69, 9.17) is 0 Å². The zero-order valence-electron chi connectivity index (χ0n) is 11.9. The summed E-state index contributed by atoms with van der Waals surface area (Å²) in [7, 11) is 0. The van der Waals surface area contributed by atoms with Crippen LogP contribution in [0.4, 0.5) is 0 Å². The zero-order valence-corrected chi connectivity index (χ0v) is 11.9. The maximum atomic E-state index is 9.70. The normalized spacial score (nSPS) is 12.2. The van der Waals surface area contributed by atoms with Gasteiger partial charge in [0.2, 0.25) is 0 Å². The third kappa shape index (κ3) is 4.77. The van der Waals surface area contributed by atoms with E-state index in [0.717, 1.165) is 6.42 Å². The zero-order chi connectivity index (χ0) is 15.1. The van der Waals surface area contributed by atoms with Gasteiger partial charge in [0, 0.05) is 6.04 Å². The van der Waals surface area contributed by atoms with Crippen LogP contribution in [0.2, 0.25) is 0 Å². The highest BCUT2D eigenvalue weighted by atomic mass is 16.3. The molecule has 0 saturated carbocycles. The van der Waals surface area contributed by atoms with Gasteiger partial charge in [0.15, 0.2) is 0 Å². The largest absolute Gasteiger partial charge is 0.508 e. The molecule has 0 heterocycles. The molecule has 0 aliphatic rings. The number of aliphatic hydroxyl groups excluding tert-OH is 1. The van der Waals surface area contributed by atoms with Crippen LogP contribution < -0.4 is 5.32 Å². The summed E-state index contributed by atoms with van der Waals surface area (Å²) in [5.41, 5.74) is 1.86. The second kappa shape index (κ2) is 7.67. The van der Waals surface area contributed by atoms with E-state index < -0.39 is 0 Å². The third-order valence-electron chi connectivity index (χ3n) is 3.44. The molecule has 112 valence electrons.